The number of hydrogen-bond donors (Lipinski definition) is 2. The lowest BCUT2D eigenvalue weighted by molar-refractivity contribution is -0.137. The van der Waals surface area contributed by atoms with E-state index in [2.05, 4.69) is 15.6 Å². The number of rotatable bonds is 6. The van der Waals surface area contributed by atoms with Crippen molar-refractivity contribution in [3.63, 3.8) is 0 Å². The number of halogens is 3. The number of nitrogens with one attached hydrogen (secondary N) is 2. The molecule has 1 aromatic heterocycles. The largest absolute Gasteiger partial charge is 0.466 e. The van der Waals surface area contributed by atoms with Crippen LogP contribution >= 0.6 is 11.3 Å². The summed E-state index contributed by atoms with van der Waals surface area (Å²) in [6.07, 6.45) is 0.942. The molecule has 12 heteroatoms. The molecule has 8 nitrogen and oxygen atoms in total. The fourth-order valence-electron chi connectivity index (χ4n) is 4.45. The second-order valence-electron chi connectivity index (χ2n) is 8.44. The van der Waals surface area contributed by atoms with E-state index in [0.717, 1.165) is 0 Å². The molecule has 3 heterocycles. The average molecular weight is 508 g/mol. The van der Waals surface area contributed by atoms with Gasteiger partial charge in [-0.25, -0.2) is 27.9 Å². The van der Waals surface area contributed by atoms with Crippen LogP contribution in [0.5, 0.6) is 0 Å². The highest BCUT2D eigenvalue weighted by atomic mass is 32.1. The predicted molar refractivity (Wildman–Crippen MR) is 124 cm³/mol. The molecule has 2 aliphatic rings. The Morgan fingerprint density at radius 1 is 1.31 bits per heavy atom. The van der Waals surface area contributed by atoms with Crippen molar-refractivity contribution >= 4 is 29.0 Å². The number of aromatic nitrogens is 1. The summed E-state index contributed by atoms with van der Waals surface area (Å²) >= 11 is 1.30. The van der Waals surface area contributed by atoms with Crippen molar-refractivity contribution in [1.29, 1.82) is 0 Å². The molecule has 0 spiro atoms. The highest BCUT2D eigenvalue weighted by Gasteiger charge is 2.49. The van der Waals surface area contributed by atoms with Gasteiger partial charge in [-0.05, 0) is 24.6 Å². The molecule has 1 amide bonds. The zero-order valence-electron chi connectivity index (χ0n) is 19.3. The molecule has 2 N–H and O–H groups in total. The smallest absolute Gasteiger partial charge is 0.338 e. The Balaban J connectivity index is 1.86. The lowest BCUT2D eigenvalue weighted by Gasteiger charge is -2.36. The van der Waals surface area contributed by atoms with Crippen molar-refractivity contribution in [1.82, 2.24) is 20.5 Å². The number of aliphatic imine (C=N–C) groups is 1. The van der Waals surface area contributed by atoms with Crippen LogP contribution in [0.25, 0.3) is 0 Å². The number of esters is 1. The standard InChI is InChI=1S/C23H24F3N5O3S/c1-22(13-4-6-14(24)7-5-13)17(21(33)34-3)15(29-18(30-22)20-28-8-9-35-20)11-31-12-23(25,26)10-16(31)19(32)27-2/h4-9,16H,10-12H2,1-3H3,(H,27,32)(H,29,30)/t16-,22?/m0/s1. The minimum absolute atomic E-state index is 0.0674. The van der Waals surface area contributed by atoms with E-state index in [1.807, 2.05) is 0 Å². The van der Waals surface area contributed by atoms with E-state index in [-0.39, 0.29) is 17.8 Å². The van der Waals surface area contributed by atoms with Gasteiger partial charge in [-0.3, -0.25) is 9.69 Å². The van der Waals surface area contributed by atoms with Crippen LogP contribution in [0.2, 0.25) is 0 Å². The number of amidine groups is 1. The zero-order valence-corrected chi connectivity index (χ0v) is 20.1. The number of ether oxygens (including phenoxy) is 1. The van der Waals surface area contributed by atoms with Crippen LogP contribution < -0.4 is 10.6 Å². The van der Waals surface area contributed by atoms with E-state index >= 15 is 0 Å². The van der Waals surface area contributed by atoms with E-state index in [4.69, 9.17) is 9.73 Å². The molecule has 1 aromatic carbocycles. The molecule has 0 saturated carbocycles. The van der Waals surface area contributed by atoms with Crippen LogP contribution in [0.4, 0.5) is 13.2 Å². The predicted octanol–water partition coefficient (Wildman–Crippen LogP) is 2.43. The van der Waals surface area contributed by atoms with Crippen LogP contribution in [0.15, 0.2) is 52.1 Å². The minimum Gasteiger partial charge on any atom is -0.466 e. The molecular formula is C23H24F3N5O3S. The highest BCUT2D eigenvalue weighted by Crippen LogP contribution is 2.40. The third kappa shape index (κ3) is 4.80. The first-order chi connectivity index (χ1) is 16.6. The Hall–Kier alpha value is -3.25. The van der Waals surface area contributed by atoms with E-state index in [1.54, 1.807) is 18.5 Å². The quantitative estimate of drug-likeness (QED) is 0.584. The van der Waals surface area contributed by atoms with Gasteiger partial charge in [0, 0.05) is 37.3 Å². The highest BCUT2D eigenvalue weighted by molar-refractivity contribution is 7.11. The third-order valence-corrected chi connectivity index (χ3v) is 6.88. The minimum atomic E-state index is -3.08. The summed E-state index contributed by atoms with van der Waals surface area (Å²) in [6.45, 7) is 0.816. The number of thiazole rings is 1. The van der Waals surface area contributed by atoms with Crippen molar-refractivity contribution in [2.45, 2.75) is 30.8 Å². The molecule has 0 aliphatic carbocycles. The van der Waals surface area contributed by atoms with Gasteiger partial charge >= 0.3 is 5.97 Å². The molecule has 0 radical (unpaired) electrons. The maximum atomic E-state index is 14.4. The number of carbonyl (C=O) groups is 2. The fraction of sp³-hybridized carbons (Fsp3) is 0.391. The molecule has 4 rings (SSSR count). The second-order valence-corrected chi connectivity index (χ2v) is 9.34. The van der Waals surface area contributed by atoms with Crippen LogP contribution in [0.1, 0.15) is 23.9 Å². The van der Waals surface area contributed by atoms with Gasteiger partial charge in [0.05, 0.1) is 25.3 Å². The molecule has 35 heavy (non-hydrogen) atoms. The first-order valence-electron chi connectivity index (χ1n) is 10.8. The van der Waals surface area contributed by atoms with Gasteiger partial charge in [0.15, 0.2) is 10.8 Å². The molecule has 2 aliphatic heterocycles. The number of likely N-dealkylation sites (tertiary alicyclic amines) is 1. The Bertz CT molecular complexity index is 1180. The Labute approximate surface area is 203 Å². The lowest BCUT2D eigenvalue weighted by atomic mass is 9.82. The van der Waals surface area contributed by atoms with Crippen LogP contribution in [-0.4, -0.2) is 66.8 Å². The van der Waals surface area contributed by atoms with E-state index in [9.17, 15) is 22.8 Å². The SMILES string of the molecule is CNC(=O)[C@@H]1CC(F)(F)CN1CC1=C(C(=O)OC)C(C)(c2ccc(F)cc2)N=C(c2nccs2)N1. The van der Waals surface area contributed by atoms with Crippen molar-refractivity contribution in [3.05, 3.63) is 63.5 Å². The van der Waals surface area contributed by atoms with E-state index in [0.29, 0.717) is 16.4 Å². The Morgan fingerprint density at radius 2 is 2.03 bits per heavy atom. The summed E-state index contributed by atoms with van der Waals surface area (Å²) in [5.74, 6) is -4.51. The average Bonchev–Trinajstić information content (AvgIpc) is 3.46. The lowest BCUT2D eigenvalue weighted by Crippen LogP contribution is -2.48. The Morgan fingerprint density at radius 3 is 2.63 bits per heavy atom. The van der Waals surface area contributed by atoms with Gasteiger partial charge in [-0.15, -0.1) is 11.3 Å². The number of hydrogen-bond acceptors (Lipinski definition) is 8. The molecule has 1 saturated heterocycles. The second kappa shape index (κ2) is 9.42. The number of amides is 1. The van der Waals surface area contributed by atoms with Gasteiger partial charge in [-0.2, -0.15) is 0 Å². The van der Waals surface area contributed by atoms with Crippen molar-refractivity contribution in [3.8, 4) is 0 Å². The van der Waals surface area contributed by atoms with Crippen LogP contribution in [0, 0.1) is 5.82 Å². The van der Waals surface area contributed by atoms with Crippen molar-refractivity contribution < 1.29 is 27.5 Å². The topological polar surface area (TPSA) is 95.9 Å². The number of methoxy groups -OCH3 is 1. The van der Waals surface area contributed by atoms with Crippen molar-refractivity contribution in [2.75, 3.05) is 27.2 Å². The summed E-state index contributed by atoms with van der Waals surface area (Å²) in [5.41, 5.74) is -0.553. The number of benzene rings is 1. The maximum Gasteiger partial charge on any atom is 0.338 e. The van der Waals surface area contributed by atoms with Gasteiger partial charge < -0.3 is 15.4 Å². The number of likely N-dealkylation sites (N-methyl/N-ethyl adjacent to an activating group) is 1. The summed E-state index contributed by atoms with van der Waals surface area (Å²) in [5, 5.41) is 7.75. The molecule has 2 atom stereocenters. The molecule has 186 valence electrons. The molecule has 1 unspecified atom stereocenters. The first kappa shape index (κ1) is 24.9. The van der Waals surface area contributed by atoms with Gasteiger partial charge in [0.2, 0.25) is 5.91 Å². The maximum absolute atomic E-state index is 14.4. The van der Waals surface area contributed by atoms with Crippen LogP contribution in [0.3, 0.4) is 0 Å². The Kier molecular flexibility index (Phi) is 6.69. The van der Waals surface area contributed by atoms with E-state index in [1.165, 1.54) is 54.7 Å². The van der Waals surface area contributed by atoms with Crippen LogP contribution in [-0.2, 0) is 19.9 Å². The summed E-state index contributed by atoms with van der Waals surface area (Å²) in [4.78, 5) is 35.8. The third-order valence-electron chi connectivity index (χ3n) is 6.10. The molecular weight excluding hydrogens is 483 g/mol. The summed E-state index contributed by atoms with van der Waals surface area (Å²) in [6, 6.07) is 4.40. The normalized spacial score (nSPS) is 24.1. The zero-order chi connectivity index (χ0) is 25.4. The van der Waals surface area contributed by atoms with Gasteiger partial charge in [0.1, 0.15) is 11.4 Å². The number of alkyl halides is 2. The molecule has 1 fully saturated rings. The van der Waals surface area contributed by atoms with Gasteiger partial charge in [0.25, 0.3) is 5.92 Å². The molecule has 0 bridgehead atoms. The monoisotopic (exact) mass is 507 g/mol. The summed E-state index contributed by atoms with van der Waals surface area (Å²) < 4.78 is 47.5. The number of nitrogens with zero attached hydrogens (tertiary/aromatic N) is 3. The van der Waals surface area contributed by atoms with Gasteiger partial charge in [-0.1, -0.05) is 12.1 Å². The van der Waals surface area contributed by atoms with Crippen molar-refractivity contribution in [2.24, 2.45) is 4.99 Å². The van der Waals surface area contributed by atoms with E-state index < -0.39 is 48.2 Å². The molecule has 2 aromatic rings. The number of carbonyl (C=O) groups excluding carboxylic acids is 2. The first-order valence-corrected chi connectivity index (χ1v) is 11.6. The summed E-state index contributed by atoms with van der Waals surface area (Å²) in [7, 11) is 2.59. The fourth-order valence-corrected chi connectivity index (χ4v) is 5.03.